The van der Waals surface area contributed by atoms with Gasteiger partial charge in [-0.05, 0) is 55.3 Å². The Bertz CT molecular complexity index is 924. The van der Waals surface area contributed by atoms with Gasteiger partial charge in [0.25, 0.3) is 5.91 Å². The lowest BCUT2D eigenvalue weighted by atomic mass is 10.1. The van der Waals surface area contributed by atoms with Crippen molar-refractivity contribution in [1.82, 2.24) is 9.62 Å². The maximum absolute atomic E-state index is 14.1. The van der Waals surface area contributed by atoms with Gasteiger partial charge in [-0.1, -0.05) is 6.07 Å². The van der Waals surface area contributed by atoms with Crippen molar-refractivity contribution in [1.29, 1.82) is 0 Å². The third-order valence-corrected chi connectivity index (χ3v) is 7.26. The van der Waals surface area contributed by atoms with Crippen molar-refractivity contribution >= 4 is 27.3 Å². The summed E-state index contributed by atoms with van der Waals surface area (Å²) in [6.45, 7) is 0.612. The Kier molecular flexibility index (Phi) is 4.58. The smallest absolute Gasteiger partial charge is 0.254 e. The molecule has 2 aromatic rings. The van der Waals surface area contributed by atoms with E-state index in [1.807, 2.05) is 17.5 Å². The number of thiophene rings is 1. The molecule has 5 nitrogen and oxygen atoms in total. The fourth-order valence-electron chi connectivity index (χ4n) is 3.28. The molecule has 1 aromatic carbocycles. The molecule has 1 saturated carbocycles. The number of nitrogens with zero attached hydrogens (tertiary/aromatic N) is 1. The molecule has 1 saturated heterocycles. The van der Waals surface area contributed by atoms with Gasteiger partial charge in [-0.2, -0.15) is 0 Å². The summed E-state index contributed by atoms with van der Waals surface area (Å²) in [5.41, 5.74) is 0.200. The van der Waals surface area contributed by atoms with Crippen molar-refractivity contribution in [2.75, 3.05) is 6.54 Å². The van der Waals surface area contributed by atoms with E-state index in [1.165, 1.54) is 6.07 Å². The van der Waals surface area contributed by atoms with Gasteiger partial charge in [-0.25, -0.2) is 17.5 Å². The van der Waals surface area contributed by atoms with Crippen LogP contribution in [0, 0.1) is 5.82 Å². The highest BCUT2D eigenvalue weighted by Gasteiger charge is 2.33. The summed E-state index contributed by atoms with van der Waals surface area (Å²) in [5.74, 6) is -1.10. The fourth-order valence-corrected chi connectivity index (χ4v) is 5.56. The minimum Gasteiger partial charge on any atom is -0.331 e. The molecule has 0 radical (unpaired) electrons. The normalized spacial score (nSPS) is 20.5. The third kappa shape index (κ3) is 3.41. The second-order valence-corrected chi connectivity index (χ2v) is 9.37. The molecule has 1 unspecified atom stereocenters. The zero-order chi connectivity index (χ0) is 18.3. The summed E-state index contributed by atoms with van der Waals surface area (Å²) in [7, 11) is -3.96. The molecule has 2 aliphatic rings. The maximum atomic E-state index is 14.1. The van der Waals surface area contributed by atoms with Gasteiger partial charge in [0.2, 0.25) is 10.0 Å². The summed E-state index contributed by atoms with van der Waals surface area (Å²) >= 11 is 1.60. The zero-order valence-electron chi connectivity index (χ0n) is 14.0. The number of benzene rings is 1. The SMILES string of the molecule is O=C(c1ccc(F)c(S(=O)(=O)NC2CC2)c1)N1CCCC1c1cccs1. The molecule has 1 atom stereocenters. The largest absolute Gasteiger partial charge is 0.331 e. The molecule has 2 fully saturated rings. The summed E-state index contributed by atoms with van der Waals surface area (Å²) in [6.07, 6.45) is 3.29. The second-order valence-electron chi connectivity index (χ2n) is 6.71. The zero-order valence-corrected chi connectivity index (χ0v) is 15.7. The monoisotopic (exact) mass is 394 g/mol. The van der Waals surface area contributed by atoms with Crippen molar-refractivity contribution in [3.63, 3.8) is 0 Å². The highest BCUT2D eigenvalue weighted by atomic mass is 32.2. The van der Waals surface area contributed by atoms with Crippen molar-refractivity contribution in [2.24, 2.45) is 0 Å². The fraction of sp³-hybridized carbons (Fsp3) is 0.389. The van der Waals surface area contributed by atoms with E-state index in [9.17, 15) is 17.6 Å². The number of hydrogen-bond donors (Lipinski definition) is 1. The number of halogens is 1. The minimum absolute atomic E-state index is 0.00259. The Labute approximate surface area is 155 Å². The average Bonchev–Trinajstić information content (AvgIpc) is 3.09. The molecule has 2 heterocycles. The molecular formula is C18H19FN2O3S2. The first kappa shape index (κ1) is 17.6. The van der Waals surface area contributed by atoms with Crippen LogP contribution < -0.4 is 4.72 Å². The molecule has 0 spiro atoms. The molecule has 4 rings (SSSR count). The van der Waals surface area contributed by atoms with Crippen molar-refractivity contribution in [2.45, 2.75) is 42.7 Å². The first-order chi connectivity index (χ1) is 12.5. The Morgan fingerprint density at radius 1 is 1.23 bits per heavy atom. The van der Waals surface area contributed by atoms with Gasteiger partial charge >= 0.3 is 0 Å². The number of amides is 1. The lowest BCUT2D eigenvalue weighted by molar-refractivity contribution is 0.0737. The van der Waals surface area contributed by atoms with Gasteiger partial charge in [-0.15, -0.1) is 11.3 Å². The van der Waals surface area contributed by atoms with E-state index in [0.717, 1.165) is 42.7 Å². The molecule has 0 bridgehead atoms. The number of carbonyl (C=O) groups excluding carboxylic acids is 1. The van der Waals surface area contributed by atoms with Gasteiger partial charge in [0.05, 0.1) is 6.04 Å². The van der Waals surface area contributed by atoms with Crippen LogP contribution in [0.15, 0.2) is 40.6 Å². The van der Waals surface area contributed by atoms with Crippen LogP contribution in [0.3, 0.4) is 0 Å². The molecule has 26 heavy (non-hydrogen) atoms. The number of hydrogen-bond acceptors (Lipinski definition) is 4. The van der Waals surface area contributed by atoms with Crippen molar-refractivity contribution < 1.29 is 17.6 Å². The predicted molar refractivity (Wildman–Crippen MR) is 97.1 cm³/mol. The van der Waals surface area contributed by atoms with Crippen LogP contribution in [-0.2, 0) is 10.0 Å². The Hall–Kier alpha value is -1.77. The first-order valence-electron chi connectivity index (χ1n) is 8.62. The number of sulfonamides is 1. The molecule has 1 aliphatic heterocycles. The number of likely N-dealkylation sites (tertiary alicyclic amines) is 1. The van der Waals surface area contributed by atoms with Crippen LogP contribution in [0.2, 0.25) is 0 Å². The number of carbonyl (C=O) groups is 1. The quantitative estimate of drug-likeness (QED) is 0.846. The van der Waals surface area contributed by atoms with E-state index in [4.69, 9.17) is 0 Å². The number of rotatable bonds is 5. The Balaban J connectivity index is 1.63. The molecule has 138 valence electrons. The standard InChI is InChI=1S/C18H19FN2O3S2/c19-14-8-5-12(11-17(14)26(23,24)20-13-6-7-13)18(22)21-9-1-3-15(21)16-4-2-10-25-16/h2,4-5,8,10-11,13,15,20H,1,3,6-7,9H2. The van der Waals surface area contributed by atoms with Crippen LogP contribution in [0.5, 0.6) is 0 Å². The molecule has 1 aromatic heterocycles. The molecule has 8 heteroatoms. The van der Waals surface area contributed by atoms with Crippen molar-refractivity contribution in [3.8, 4) is 0 Å². The highest BCUT2D eigenvalue weighted by molar-refractivity contribution is 7.89. The predicted octanol–water partition coefficient (Wildman–Crippen LogP) is 3.31. The maximum Gasteiger partial charge on any atom is 0.254 e. The van der Waals surface area contributed by atoms with Gasteiger partial charge in [0, 0.05) is 23.0 Å². The van der Waals surface area contributed by atoms with Gasteiger partial charge in [0.1, 0.15) is 10.7 Å². The second kappa shape index (κ2) is 6.75. The Morgan fingerprint density at radius 2 is 2.04 bits per heavy atom. The minimum atomic E-state index is -3.96. The van der Waals surface area contributed by atoms with Gasteiger partial charge < -0.3 is 4.90 Å². The van der Waals surface area contributed by atoms with Crippen LogP contribution in [0.4, 0.5) is 4.39 Å². The van der Waals surface area contributed by atoms with E-state index in [-0.39, 0.29) is 23.6 Å². The lowest BCUT2D eigenvalue weighted by Crippen LogP contribution is -2.31. The lowest BCUT2D eigenvalue weighted by Gasteiger charge is -2.24. The average molecular weight is 394 g/mol. The summed E-state index contributed by atoms with van der Waals surface area (Å²) in [5, 5.41) is 1.97. The van der Waals surface area contributed by atoms with Crippen LogP contribution in [-0.4, -0.2) is 31.8 Å². The van der Waals surface area contributed by atoms with E-state index in [0.29, 0.717) is 6.54 Å². The molecule has 1 N–H and O–H groups in total. The number of nitrogens with one attached hydrogen (secondary N) is 1. The van der Waals surface area contributed by atoms with E-state index in [1.54, 1.807) is 16.2 Å². The Morgan fingerprint density at radius 3 is 2.73 bits per heavy atom. The van der Waals surface area contributed by atoms with Crippen LogP contribution in [0.25, 0.3) is 0 Å². The third-order valence-electron chi connectivity index (χ3n) is 4.75. The first-order valence-corrected chi connectivity index (χ1v) is 11.0. The summed E-state index contributed by atoms with van der Waals surface area (Å²) in [6, 6.07) is 7.40. The van der Waals surface area contributed by atoms with Crippen LogP contribution >= 0.6 is 11.3 Å². The van der Waals surface area contributed by atoms with Crippen molar-refractivity contribution in [3.05, 3.63) is 52.0 Å². The molecule has 1 aliphatic carbocycles. The summed E-state index contributed by atoms with van der Waals surface area (Å²) < 4.78 is 41.3. The van der Waals surface area contributed by atoms with E-state index >= 15 is 0 Å². The summed E-state index contributed by atoms with van der Waals surface area (Å²) in [4.78, 5) is 15.4. The topological polar surface area (TPSA) is 66.5 Å². The van der Waals surface area contributed by atoms with Gasteiger partial charge in [-0.3, -0.25) is 4.79 Å². The van der Waals surface area contributed by atoms with Gasteiger partial charge in [0.15, 0.2) is 0 Å². The molecular weight excluding hydrogens is 375 g/mol. The van der Waals surface area contributed by atoms with Crippen LogP contribution in [0.1, 0.15) is 47.0 Å². The molecule has 1 amide bonds. The van der Waals surface area contributed by atoms with E-state index < -0.39 is 20.7 Å². The highest BCUT2D eigenvalue weighted by Crippen LogP contribution is 2.35. The van der Waals surface area contributed by atoms with E-state index in [2.05, 4.69) is 4.72 Å².